The number of aromatic amines is 1. The number of aryl methyl sites for hydroxylation is 1. The lowest BCUT2D eigenvalue weighted by atomic mass is 9.62. The number of H-pyrrole nitrogens is 1. The van der Waals surface area contributed by atoms with Gasteiger partial charge in [-0.3, -0.25) is 9.80 Å². The zero-order valence-electron chi connectivity index (χ0n) is 28.0. The van der Waals surface area contributed by atoms with Gasteiger partial charge in [0.25, 0.3) is 0 Å². The molecule has 47 heavy (non-hydrogen) atoms. The van der Waals surface area contributed by atoms with Crippen molar-refractivity contribution in [2.75, 3.05) is 26.8 Å². The van der Waals surface area contributed by atoms with Crippen LogP contribution in [0.2, 0.25) is 0 Å². The number of allylic oxidation sites excluding steroid dienone is 1. The molecule has 5 saturated heterocycles. The Kier molecular flexibility index (Phi) is 5.51. The molecule has 2 N–H and O–H groups in total. The van der Waals surface area contributed by atoms with Crippen molar-refractivity contribution in [3.8, 4) is 5.75 Å². The Balaban J connectivity index is 0.963. The van der Waals surface area contributed by atoms with Crippen molar-refractivity contribution in [2.24, 2.45) is 36.6 Å². The SMILES string of the molecule is C/C=C1/CN2[C@H]3C[C@H]1C(CO)[C@@H]2Cc1c3[nH]c2cc3c(cc12)O[C@]1(C)OC[C@@H]2[C@@H](C[C@H]4c5c(c6ccccc6n5C)C[C@@H]2N4C)[C@@H]1C3. The van der Waals surface area contributed by atoms with Crippen LogP contribution in [-0.4, -0.2) is 69.1 Å². The number of nitrogens with one attached hydrogen (secondary N) is 1. The van der Waals surface area contributed by atoms with Gasteiger partial charge in [0.15, 0.2) is 0 Å². The zero-order valence-corrected chi connectivity index (χ0v) is 28.0. The van der Waals surface area contributed by atoms with Crippen LogP contribution >= 0.6 is 0 Å². The van der Waals surface area contributed by atoms with E-state index in [9.17, 15) is 5.11 Å². The highest BCUT2D eigenvalue weighted by Crippen LogP contribution is 2.58. The van der Waals surface area contributed by atoms with Gasteiger partial charge in [-0.05, 0) is 92.8 Å². The third-order valence-corrected chi connectivity index (χ3v) is 14.7. The van der Waals surface area contributed by atoms with Crippen LogP contribution in [0.4, 0.5) is 0 Å². The normalized spacial score (nSPS) is 40.5. The Hall–Kier alpha value is -3.10. The second-order valence-electron chi connectivity index (χ2n) is 16.2. The molecule has 0 amide bonds. The third kappa shape index (κ3) is 3.42. The van der Waals surface area contributed by atoms with Crippen LogP contribution in [-0.2, 0) is 31.0 Å². The molecule has 0 saturated carbocycles. The van der Waals surface area contributed by atoms with Crippen molar-refractivity contribution in [1.29, 1.82) is 0 Å². The van der Waals surface area contributed by atoms with Gasteiger partial charge < -0.3 is 24.1 Å². The fraction of sp³-hybridized carbons (Fsp3) is 0.550. The van der Waals surface area contributed by atoms with E-state index < -0.39 is 5.79 Å². The van der Waals surface area contributed by atoms with Crippen molar-refractivity contribution >= 4 is 21.8 Å². The molecule has 4 aromatic rings. The van der Waals surface area contributed by atoms with Crippen LogP contribution in [0.25, 0.3) is 21.8 Å². The van der Waals surface area contributed by atoms with E-state index in [0.29, 0.717) is 53.8 Å². The van der Waals surface area contributed by atoms with E-state index in [-0.39, 0.29) is 6.61 Å². The molecule has 10 heterocycles. The van der Waals surface area contributed by atoms with Gasteiger partial charge >= 0.3 is 0 Å². The summed E-state index contributed by atoms with van der Waals surface area (Å²) in [5, 5.41) is 13.2. The van der Waals surface area contributed by atoms with Crippen LogP contribution in [0.15, 0.2) is 48.0 Å². The van der Waals surface area contributed by atoms with Gasteiger partial charge in [-0.1, -0.05) is 29.8 Å². The molecule has 0 aliphatic carbocycles. The van der Waals surface area contributed by atoms with E-state index in [2.05, 4.69) is 89.8 Å². The van der Waals surface area contributed by atoms with Crippen molar-refractivity contribution in [3.05, 3.63) is 76.1 Å². The summed E-state index contributed by atoms with van der Waals surface area (Å²) in [5.41, 5.74) is 11.4. The summed E-state index contributed by atoms with van der Waals surface area (Å²) in [6, 6.07) is 15.5. The molecule has 12 rings (SSSR count). The number of ether oxygens (including phenoxy) is 2. The van der Waals surface area contributed by atoms with E-state index in [4.69, 9.17) is 9.47 Å². The molecular formula is C40H46N4O3. The van der Waals surface area contributed by atoms with Crippen LogP contribution in [0.5, 0.6) is 5.75 Å². The Morgan fingerprint density at radius 2 is 1.85 bits per heavy atom. The summed E-state index contributed by atoms with van der Waals surface area (Å²) in [5.74, 6) is 2.57. The van der Waals surface area contributed by atoms with Crippen molar-refractivity contribution in [2.45, 2.75) is 75.9 Å². The Labute approximate surface area is 276 Å². The van der Waals surface area contributed by atoms with Gasteiger partial charge in [-0.2, -0.15) is 0 Å². The molecule has 7 heteroatoms. The Morgan fingerprint density at radius 3 is 2.70 bits per heavy atom. The number of aliphatic hydroxyl groups is 1. The van der Waals surface area contributed by atoms with Gasteiger partial charge in [0, 0.05) is 90.2 Å². The summed E-state index contributed by atoms with van der Waals surface area (Å²) in [6.07, 6.45) is 7.64. The maximum atomic E-state index is 10.5. The fourth-order valence-corrected chi connectivity index (χ4v) is 12.4. The standard InChI is InChI=1S/C40H46N4O3/c1-5-20-17-44-34-14-26-25-16-37-21(11-31(25)41-38(26)35(44)12-23(20)28(34)18-45)10-30-24-13-36-39-27(22-8-6-7-9-32(22)43(39)4)15-33(42(36)3)29(24)19-46-40(30,2)47-37/h5-9,11,16,23-24,28-30,33-36,41,45H,10,12-15,17-19H2,1-4H3/b20-5-/t23-,24-,28?,29-,30+,33+,34+,35+,36+,40+/m1/s1. The number of aliphatic hydroxyl groups excluding tert-OH is 1. The van der Waals surface area contributed by atoms with E-state index in [1.807, 2.05) is 0 Å². The molecule has 0 spiro atoms. The monoisotopic (exact) mass is 630 g/mol. The summed E-state index contributed by atoms with van der Waals surface area (Å²) in [6.45, 7) is 6.46. The van der Waals surface area contributed by atoms with E-state index in [0.717, 1.165) is 51.0 Å². The average molecular weight is 631 g/mol. The van der Waals surface area contributed by atoms with E-state index in [1.54, 1.807) is 5.56 Å². The summed E-state index contributed by atoms with van der Waals surface area (Å²) < 4.78 is 16.4. The van der Waals surface area contributed by atoms with Crippen LogP contribution in [0, 0.1) is 29.6 Å². The summed E-state index contributed by atoms with van der Waals surface area (Å²) >= 11 is 0. The van der Waals surface area contributed by atoms with Gasteiger partial charge in [0.2, 0.25) is 5.79 Å². The van der Waals surface area contributed by atoms with Crippen molar-refractivity contribution < 1.29 is 14.6 Å². The molecule has 0 radical (unpaired) electrons. The molecule has 2 aromatic heterocycles. The lowest BCUT2D eigenvalue weighted by molar-refractivity contribution is -0.280. The van der Waals surface area contributed by atoms with E-state index in [1.165, 1.54) is 49.9 Å². The van der Waals surface area contributed by atoms with Gasteiger partial charge in [-0.15, -0.1) is 0 Å². The molecule has 8 aliphatic rings. The first kappa shape index (κ1) is 27.8. The molecule has 11 atom stereocenters. The average Bonchev–Trinajstić information content (AvgIpc) is 3.56. The molecule has 8 aliphatic heterocycles. The number of aromatic nitrogens is 2. The Bertz CT molecular complexity index is 2020. The number of fused-ring (bicyclic) bond motifs is 15. The molecule has 7 nitrogen and oxygen atoms in total. The molecule has 2 aromatic carbocycles. The number of rotatable bonds is 1. The summed E-state index contributed by atoms with van der Waals surface area (Å²) in [4.78, 5) is 9.32. The highest BCUT2D eigenvalue weighted by Gasteiger charge is 2.59. The quantitative estimate of drug-likeness (QED) is 0.251. The predicted octanol–water partition coefficient (Wildman–Crippen LogP) is 6.05. The van der Waals surface area contributed by atoms with Crippen LogP contribution in [0.3, 0.4) is 0 Å². The smallest absolute Gasteiger partial charge is 0.211 e. The van der Waals surface area contributed by atoms with Gasteiger partial charge in [-0.25, -0.2) is 0 Å². The fourth-order valence-electron chi connectivity index (χ4n) is 12.4. The highest BCUT2D eigenvalue weighted by atomic mass is 16.7. The Morgan fingerprint density at radius 1 is 1.00 bits per heavy atom. The molecule has 6 bridgehead atoms. The number of likely N-dealkylation sites (N-methyl/N-ethyl adjacent to an activating group) is 1. The van der Waals surface area contributed by atoms with Gasteiger partial charge in [0.1, 0.15) is 5.75 Å². The first-order valence-electron chi connectivity index (χ1n) is 18.2. The maximum absolute atomic E-state index is 10.5. The number of hydrogen-bond donors (Lipinski definition) is 2. The predicted molar refractivity (Wildman–Crippen MR) is 182 cm³/mol. The second kappa shape index (κ2) is 9.32. The van der Waals surface area contributed by atoms with Crippen molar-refractivity contribution in [1.82, 2.24) is 19.4 Å². The number of piperidine rings is 4. The first-order chi connectivity index (χ1) is 22.9. The number of para-hydroxylation sites is 1. The number of hydrogen-bond acceptors (Lipinski definition) is 5. The minimum absolute atomic E-state index is 0.269. The number of benzene rings is 2. The first-order valence-corrected chi connectivity index (χ1v) is 18.2. The van der Waals surface area contributed by atoms with Crippen molar-refractivity contribution in [3.63, 3.8) is 0 Å². The van der Waals surface area contributed by atoms with Crippen LogP contribution in [0.1, 0.15) is 66.9 Å². The van der Waals surface area contributed by atoms with Crippen LogP contribution < -0.4 is 4.74 Å². The third-order valence-electron chi connectivity index (χ3n) is 14.7. The zero-order chi connectivity index (χ0) is 31.5. The molecular weight excluding hydrogens is 584 g/mol. The lowest BCUT2D eigenvalue weighted by Crippen LogP contribution is -2.64. The highest BCUT2D eigenvalue weighted by molar-refractivity contribution is 5.88. The molecule has 5 fully saturated rings. The minimum Gasteiger partial charge on any atom is -0.462 e. The maximum Gasteiger partial charge on any atom is 0.211 e. The molecule has 244 valence electrons. The minimum atomic E-state index is -0.615. The lowest BCUT2D eigenvalue weighted by Gasteiger charge is -2.59. The summed E-state index contributed by atoms with van der Waals surface area (Å²) in [7, 11) is 4.63. The number of nitrogens with zero attached hydrogens (tertiary/aromatic N) is 3. The topological polar surface area (TPSA) is 65.9 Å². The largest absolute Gasteiger partial charge is 0.462 e. The second-order valence-corrected chi connectivity index (χ2v) is 16.2. The van der Waals surface area contributed by atoms with E-state index >= 15 is 0 Å². The van der Waals surface area contributed by atoms with Gasteiger partial charge in [0.05, 0.1) is 18.7 Å². The molecule has 2 unspecified atom stereocenters.